The summed E-state index contributed by atoms with van der Waals surface area (Å²) in [5, 5.41) is 2.48. The van der Waals surface area contributed by atoms with E-state index in [0.717, 1.165) is 0 Å². The van der Waals surface area contributed by atoms with Gasteiger partial charge in [-0.3, -0.25) is 14.4 Å². The van der Waals surface area contributed by atoms with Gasteiger partial charge in [-0.1, -0.05) is 13.8 Å². The van der Waals surface area contributed by atoms with Crippen LogP contribution in [0.3, 0.4) is 0 Å². The third-order valence-electron chi connectivity index (χ3n) is 2.33. The van der Waals surface area contributed by atoms with E-state index < -0.39 is 0 Å². The van der Waals surface area contributed by atoms with Gasteiger partial charge in [0.1, 0.15) is 0 Å². The topological polar surface area (TPSA) is 75.7 Å². The van der Waals surface area contributed by atoms with E-state index in [1.165, 1.54) is 12.0 Å². The highest BCUT2D eigenvalue weighted by atomic mass is 16.5. The summed E-state index contributed by atoms with van der Waals surface area (Å²) in [5.41, 5.74) is 0. The molecule has 0 aromatic heterocycles. The molecule has 0 aliphatic carbocycles. The molecule has 1 atom stereocenters. The average Bonchev–Trinajstić information content (AvgIpc) is 2.33. The average molecular weight is 244 g/mol. The third kappa shape index (κ3) is 5.89. The summed E-state index contributed by atoms with van der Waals surface area (Å²) in [6, 6.07) is 0. The fraction of sp³-hybridized carbons (Fsp3) is 0.727. The van der Waals surface area contributed by atoms with E-state index in [9.17, 15) is 14.4 Å². The van der Waals surface area contributed by atoms with Gasteiger partial charge in [-0.2, -0.15) is 0 Å². The second kappa shape index (κ2) is 7.65. The van der Waals surface area contributed by atoms with E-state index in [-0.39, 0.29) is 36.8 Å². The number of methoxy groups -OCH3 is 1. The highest BCUT2D eigenvalue weighted by Gasteiger charge is 2.18. The van der Waals surface area contributed by atoms with Crippen LogP contribution in [0.4, 0.5) is 0 Å². The van der Waals surface area contributed by atoms with Crippen molar-refractivity contribution in [3.63, 3.8) is 0 Å². The number of carbonyl (C=O) groups is 3. The van der Waals surface area contributed by atoms with E-state index in [1.807, 2.05) is 0 Å². The zero-order chi connectivity index (χ0) is 13.4. The zero-order valence-corrected chi connectivity index (χ0v) is 10.8. The second-order valence-electron chi connectivity index (χ2n) is 3.83. The summed E-state index contributed by atoms with van der Waals surface area (Å²) in [4.78, 5) is 35.1. The van der Waals surface area contributed by atoms with Crippen LogP contribution in [-0.2, 0) is 19.1 Å². The summed E-state index contributed by atoms with van der Waals surface area (Å²) in [6.45, 7) is 3.62. The molecule has 1 N–H and O–H groups in total. The van der Waals surface area contributed by atoms with Crippen LogP contribution in [0.1, 0.15) is 20.3 Å². The van der Waals surface area contributed by atoms with Crippen molar-refractivity contribution in [3.05, 3.63) is 0 Å². The van der Waals surface area contributed by atoms with Crippen molar-refractivity contribution in [1.82, 2.24) is 10.2 Å². The summed E-state index contributed by atoms with van der Waals surface area (Å²) >= 11 is 0. The lowest BCUT2D eigenvalue weighted by Gasteiger charge is -2.20. The molecule has 0 aromatic carbocycles. The van der Waals surface area contributed by atoms with Crippen molar-refractivity contribution in [2.45, 2.75) is 20.3 Å². The lowest BCUT2D eigenvalue weighted by atomic mass is 10.2. The Bertz CT molecular complexity index is 291. The van der Waals surface area contributed by atoms with Crippen molar-refractivity contribution in [1.29, 1.82) is 0 Å². The minimum absolute atomic E-state index is 0.0446. The number of esters is 1. The molecule has 0 heterocycles. The predicted molar refractivity (Wildman–Crippen MR) is 62.1 cm³/mol. The summed E-state index contributed by atoms with van der Waals surface area (Å²) in [5.74, 6) is -1.15. The first kappa shape index (κ1) is 15.4. The molecule has 0 radical (unpaired) electrons. The normalized spacial score (nSPS) is 11.5. The number of nitrogens with zero attached hydrogens (tertiary/aromatic N) is 1. The Morgan fingerprint density at radius 2 is 1.94 bits per heavy atom. The molecule has 98 valence electrons. The van der Waals surface area contributed by atoms with Gasteiger partial charge in [0.05, 0.1) is 19.6 Å². The number of hydrogen-bond acceptors (Lipinski definition) is 4. The van der Waals surface area contributed by atoms with Gasteiger partial charge in [-0.05, 0) is 0 Å². The molecule has 1 unspecified atom stereocenters. The van der Waals surface area contributed by atoms with Crippen LogP contribution in [-0.4, -0.2) is 49.9 Å². The van der Waals surface area contributed by atoms with Crippen molar-refractivity contribution >= 4 is 17.8 Å². The quantitative estimate of drug-likeness (QED) is 0.655. The maximum atomic E-state index is 11.6. The lowest BCUT2D eigenvalue weighted by Crippen LogP contribution is -2.40. The summed E-state index contributed by atoms with van der Waals surface area (Å²) in [6.07, 6.45) is 0.343. The number of rotatable bonds is 6. The molecule has 6 nitrogen and oxygen atoms in total. The maximum absolute atomic E-state index is 11.6. The second-order valence-corrected chi connectivity index (χ2v) is 3.83. The first-order valence-corrected chi connectivity index (χ1v) is 5.50. The van der Waals surface area contributed by atoms with E-state index in [1.54, 1.807) is 20.9 Å². The number of likely N-dealkylation sites (N-methyl/N-ethyl adjacent to an activating group) is 1. The van der Waals surface area contributed by atoms with E-state index in [0.29, 0.717) is 6.42 Å². The minimum Gasteiger partial charge on any atom is -0.469 e. The Balaban J connectivity index is 4.05. The number of ether oxygens (including phenoxy) is 1. The van der Waals surface area contributed by atoms with Gasteiger partial charge in [0, 0.05) is 20.0 Å². The van der Waals surface area contributed by atoms with E-state index in [4.69, 9.17) is 0 Å². The molecule has 0 aromatic rings. The minimum atomic E-state index is -0.379. The molecule has 0 saturated carbocycles. The highest BCUT2D eigenvalue weighted by Crippen LogP contribution is 2.00. The molecule has 0 rings (SSSR count). The monoisotopic (exact) mass is 244 g/mol. The van der Waals surface area contributed by atoms with Gasteiger partial charge < -0.3 is 15.0 Å². The summed E-state index contributed by atoms with van der Waals surface area (Å²) in [7, 11) is 2.89. The number of hydrogen-bond donors (Lipinski definition) is 1. The molecule has 0 fully saturated rings. The molecule has 2 amide bonds. The van der Waals surface area contributed by atoms with Gasteiger partial charge in [0.2, 0.25) is 11.8 Å². The van der Waals surface area contributed by atoms with E-state index >= 15 is 0 Å². The van der Waals surface area contributed by atoms with Crippen LogP contribution in [0.25, 0.3) is 0 Å². The molecule has 0 aliphatic heterocycles. The first-order chi connectivity index (χ1) is 7.92. The predicted octanol–water partition coefficient (Wildman–Crippen LogP) is -0.220. The Hall–Kier alpha value is -1.59. The molecule has 0 spiro atoms. The van der Waals surface area contributed by atoms with Crippen LogP contribution >= 0.6 is 0 Å². The van der Waals surface area contributed by atoms with Crippen LogP contribution in [0, 0.1) is 5.92 Å². The van der Waals surface area contributed by atoms with Gasteiger partial charge >= 0.3 is 5.97 Å². The molecular weight excluding hydrogens is 224 g/mol. The van der Waals surface area contributed by atoms with Crippen molar-refractivity contribution in [3.8, 4) is 0 Å². The van der Waals surface area contributed by atoms with Crippen LogP contribution < -0.4 is 5.32 Å². The van der Waals surface area contributed by atoms with Gasteiger partial charge in [-0.25, -0.2) is 0 Å². The van der Waals surface area contributed by atoms with Crippen molar-refractivity contribution < 1.29 is 19.1 Å². The Morgan fingerprint density at radius 3 is 2.41 bits per heavy atom. The largest absolute Gasteiger partial charge is 0.469 e. The molecule has 0 saturated heterocycles. The van der Waals surface area contributed by atoms with Crippen molar-refractivity contribution in [2.24, 2.45) is 5.92 Å². The smallest absolute Gasteiger partial charge is 0.310 e. The fourth-order valence-electron chi connectivity index (χ4n) is 1.22. The highest BCUT2D eigenvalue weighted by molar-refractivity contribution is 5.84. The van der Waals surface area contributed by atoms with Crippen LogP contribution in [0.2, 0.25) is 0 Å². The molecule has 17 heavy (non-hydrogen) atoms. The standard InChI is InChI=1S/C11H20N2O4/c1-5-9(14)12-6-10(15)13(3)7-8(2)11(16)17-4/h8H,5-7H2,1-4H3,(H,12,14). The molecular formula is C11H20N2O4. The summed E-state index contributed by atoms with van der Waals surface area (Å²) < 4.78 is 4.56. The van der Waals surface area contributed by atoms with Crippen LogP contribution in [0.5, 0.6) is 0 Å². The first-order valence-electron chi connectivity index (χ1n) is 5.50. The Morgan fingerprint density at radius 1 is 1.35 bits per heavy atom. The van der Waals surface area contributed by atoms with Crippen LogP contribution in [0.15, 0.2) is 0 Å². The Labute approximate surface area is 101 Å². The van der Waals surface area contributed by atoms with Crippen molar-refractivity contribution in [2.75, 3.05) is 27.2 Å². The molecule has 0 aliphatic rings. The third-order valence-corrected chi connectivity index (χ3v) is 2.33. The fourth-order valence-corrected chi connectivity index (χ4v) is 1.22. The van der Waals surface area contributed by atoms with Gasteiger partial charge in [0.15, 0.2) is 0 Å². The number of nitrogens with one attached hydrogen (secondary N) is 1. The van der Waals surface area contributed by atoms with Gasteiger partial charge in [0.25, 0.3) is 0 Å². The SMILES string of the molecule is CCC(=O)NCC(=O)N(C)CC(C)C(=O)OC. The number of carbonyl (C=O) groups excluding carboxylic acids is 3. The van der Waals surface area contributed by atoms with E-state index in [2.05, 4.69) is 10.1 Å². The maximum Gasteiger partial charge on any atom is 0.310 e. The number of amides is 2. The molecule has 0 bridgehead atoms. The molecule has 6 heteroatoms. The Kier molecular flexibility index (Phi) is 6.93. The van der Waals surface area contributed by atoms with Gasteiger partial charge in [-0.15, -0.1) is 0 Å². The zero-order valence-electron chi connectivity index (χ0n) is 10.8. The lowest BCUT2D eigenvalue weighted by molar-refractivity contribution is -0.146.